The maximum atomic E-state index is 6.27. The van der Waals surface area contributed by atoms with Crippen LogP contribution in [0.4, 0.5) is 5.69 Å². The van der Waals surface area contributed by atoms with Crippen molar-refractivity contribution in [3.63, 3.8) is 0 Å². The third-order valence-corrected chi connectivity index (χ3v) is 5.38. The van der Waals surface area contributed by atoms with Gasteiger partial charge < -0.3 is 10.1 Å². The summed E-state index contributed by atoms with van der Waals surface area (Å²) < 4.78 is 6.23. The summed E-state index contributed by atoms with van der Waals surface area (Å²) in [6.07, 6.45) is 0. The zero-order chi connectivity index (χ0) is 20.2. The lowest BCUT2D eigenvalue weighted by Gasteiger charge is -2.15. The minimum Gasteiger partial charge on any atom is -0.489 e. The van der Waals surface area contributed by atoms with Gasteiger partial charge in [-0.25, -0.2) is 0 Å². The van der Waals surface area contributed by atoms with E-state index in [-0.39, 0.29) is 0 Å². The molecule has 4 rings (SSSR count). The molecular weight excluding hydrogens is 378 g/mol. The summed E-state index contributed by atoms with van der Waals surface area (Å²) in [7, 11) is 0. The molecule has 0 unspecified atom stereocenters. The normalized spacial score (nSPS) is 10.9. The van der Waals surface area contributed by atoms with E-state index in [1.165, 1.54) is 27.5 Å². The smallest absolute Gasteiger partial charge is 0.124 e. The van der Waals surface area contributed by atoms with Crippen LogP contribution in [0.1, 0.15) is 22.3 Å². The van der Waals surface area contributed by atoms with Gasteiger partial charge in [-0.3, -0.25) is 0 Å². The number of ether oxygens (including phenoxy) is 1. The van der Waals surface area contributed by atoms with Gasteiger partial charge in [-0.15, -0.1) is 0 Å². The monoisotopic (exact) mass is 401 g/mol. The van der Waals surface area contributed by atoms with Gasteiger partial charge in [0, 0.05) is 22.8 Å². The number of fused-ring (bicyclic) bond motifs is 1. The number of halogens is 1. The van der Waals surface area contributed by atoms with Gasteiger partial charge in [0.05, 0.1) is 0 Å². The molecule has 0 heterocycles. The molecule has 29 heavy (non-hydrogen) atoms. The molecule has 0 saturated heterocycles. The van der Waals surface area contributed by atoms with Crippen molar-refractivity contribution in [2.24, 2.45) is 0 Å². The highest BCUT2D eigenvalue weighted by Crippen LogP contribution is 2.27. The first-order chi connectivity index (χ1) is 14.1. The summed E-state index contributed by atoms with van der Waals surface area (Å²) in [4.78, 5) is 0. The largest absolute Gasteiger partial charge is 0.489 e. The average Bonchev–Trinajstić information content (AvgIpc) is 2.73. The number of benzene rings is 4. The molecule has 2 nitrogen and oxygen atoms in total. The lowest BCUT2D eigenvalue weighted by molar-refractivity contribution is 0.305. The van der Waals surface area contributed by atoms with Crippen LogP contribution >= 0.6 is 11.6 Å². The minimum atomic E-state index is 0.513. The Balaban J connectivity index is 1.54. The van der Waals surface area contributed by atoms with Crippen LogP contribution in [0.2, 0.25) is 5.02 Å². The molecule has 0 spiro atoms. The summed E-state index contributed by atoms with van der Waals surface area (Å²) in [6.45, 7) is 5.37. The second-order valence-corrected chi connectivity index (χ2v) is 7.79. The highest BCUT2D eigenvalue weighted by Gasteiger charge is 2.08. The fraction of sp³-hybridized carbons (Fsp3) is 0.154. The van der Waals surface area contributed by atoms with Gasteiger partial charge in [-0.1, -0.05) is 66.2 Å². The lowest BCUT2D eigenvalue weighted by Crippen LogP contribution is -2.05. The van der Waals surface area contributed by atoms with Crippen molar-refractivity contribution in [3.05, 3.63) is 106 Å². The Hall–Kier alpha value is -2.97. The van der Waals surface area contributed by atoms with E-state index >= 15 is 0 Å². The predicted molar refractivity (Wildman–Crippen MR) is 123 cm³/mol. The van der Waals surface area contributed by atoms with Crippen molar-refractivity contribution in [2.45, 2.75) is 27.0 Å². The third-order valence-electron chi connectivity index (χ3n) is 5.15. The van der Waals surface area contributed by atoms with E-state index in [0.717, 1.165) is 17.0 Å². The quantitative estimate of drug-likeness (QED) is 0.366. The standard InChI is InChI=1S/C26H24ClNO/c1-18-10-11-19(2)25(14-18)28-16-22-15-23(27)12-13-26(22)29-17-21-8-5-7-20-6-3-4-9-24(20)21/h3-15,28H,16-17H2,1-2H3. The second-order valence-electron chi connectivity index (χ2n) is 7.35. The van der Waals surface area contributed by atoms with Crippen LogP contribution in [0.15, 0.2) is 78.9 Å². The van der Waals surface area contributed by atoms with Crippen molar-refractivity contribution >= 4 is 28.1 Å². The molecule has 0 amide bonds. The molecule has 3 heteroatoms. The number of nitrogens with one attached hydrogen (secondary N) is 1. The maximum Gasteiger partial charge on any atom is 0.124 e. The molecule has 0 fully saturated rings. The molecule has 0 saturated carbocycles. The van der Waals surface area contributed by atoms with Crippen LogP contribution < -0.4 is 10.1 Å². The van der Waals surface area contributed by atoms with Gasteiger partial charge >= 0.3 is 0 Å². The second kappa shape index (κ2) is 8.59. The topological polar surface area (TPSA) is 21.3 Å². The molecule has 0 aliphatic rings. The summed E-state index contributed by atoms with van der Waals surface area (Å²) in [6, 6.07) is 26.9. The summed E-state index contributed by atoms with van der Waals surface area (Å²) in [5, 5.41) is 6.68. The van der Waals surface area contributed by atoms with Crippen molar-refractivity contribution in [1.29, 1.82) is 0 Å². The van der Waals surface area contributed by atoms with E-state index in [4.69, 9.17) is 16.3 Å². The van der Waals surface area contributed by atoms with E-state index < -0.39 is 0 Å². The molecule has 0 aromatic heterocycles. The Labute approximate surface area is 177 Å². The van der Waals surface area contributed by atoms with Gasteiger partial charge in [-0.05, 0) is 65.6 Å². The number of hydrogen-bond donors (Lipinski definition) is 1. The van der Waals surface area contributed by atoms with E-state index in [1.54, 1.807) is 0 Å². The molecule has 4 aromatic carbocycles. The van der Waals surface area contributed by atoms with Crippen LogP contribution in [0, 0.1) is 13.8 Å². The summed E-state index contributed by atoms with van der Waals surface area (Å²) >= 11 is 6.27. The van der Waals surface area contributed by atoms with Crippen molar-refractivity contribution in [2.75, 3.05) is 5.32 Å². The Morgan fingerprint density at radius 2 is 1.66 bits per heavy atom. The Morgan fingerprint density at radius 1 is 0.828 bits per heavy atom. The Morgan fingerprint density at radius 3 is 2.55 bits per heavy atom. The van der Waals surface area contributed by atoms with Crippen molar-refractivity contribution in [1.82, 2.24) is 0 Å². The van der Waals surface area contributed by atoms with Gasteiger partial charge in [0.15, 0.2) is 0 Å². The van der Waals surface area contributed by atoms with Crippen molar-refractivity contribution < 1.29 is 4.74 Å². The van der Waals surface area contributed by atoms with E-state index in [1.807, 2.05) is 18.2 Å². The molecule has 0 atom stereocenters. The van der Waals surface area contributed by atoms with Gasteiger partial charge in [0.1, 0.15) is 12.4 Å². The molecular formula is C26H24ClNO. The highest BCUT2D eigenvalue weighted by atomic mass is 35.5. The van der Waals surface area contributed by atoms with E-state index in [9.17, 15) is 0 Å². The van der Waals surface area contributed by atoms with Crippen LogP contribution in [0.25, 0.3) is 10.8 Å². The highest BCUT2D eigenvalue weighted by molar-refractivity contribution is 6.30. The first kappa shape index (κ1) is 19.4. The summed E-state index contributed by atoms with van der Waals surface area (Å²) in [5.41, 5.74) is 5.79. The third kappa shape index (κ3) is 4.55. The van der Waals surface area contributed by atoms with Crippen molar-refractivity contribution in [3.8, 4) is 5.75 Å². The first-order valence-electron chi connectivity index (χ1n) is 9.79. The lowest BCUT2D eigenvalue weighted by atomic mass is 10.1. The molecule has 0 bridgehead atoms. The number of anilines is 1. The molecule has 146 valence electrons. The molecule has 4 aromatic rings. The van der Waals surface area contributed by atoms with Gasteiger partial charge in [-0.2, -0.15) is 0 Å². The zero-order valence-corrected chi connectivity index (χ0v) is 17.5. The number of aryl methyl sites for hydroxylation is 2. The van der Waals surface area contributed by atoms with Crippen LogP contribution in [0.3, 0.4) is 0 Å². The summed E-state index contributed by atoms with van der Waals surface area (Å²) in [5.74, 6) is 0.847. The fourth-order valence-corrected chi connectivity index (χ4v) is 3.71. The molecule has 1 N–H and O–H groups in total. The van der Waals surface area contributed by atoms with E-state index in [0.29, 0.717) is 18.2 Å². The van der Waals surface area contributed by atoms with Crippen LogP contribution in [0.5, 0.6) is 5.75 Å². The zero-order valence-electron chi connectivity index (χ0n) is 16.7. The fourth-order valence-electron chi connectivity index (χ4n) is 3.52. The minimum absolute atomic E-state index is 0.513. The molecule has 0 radical (unpaired) electrons. The first-order valence-corrected chi connectivity index (χ1v) is 10.2. The number of hydrogen-bond acceptors (Lipinski definition) is 2. The average molecular weight is 402 g/mol. The van der Waals surface area contributed by atoms with E-state index in [2.05, 4.69) is 79.8 Å². The van der Waals surface area contributed by atoms with Gasteiger partial charge in [0.2, 0.25) is 0 Å². The van der Waals surface area contributed by atoms with Crippen LogP contribution in [-0.4, -0.2) is 0 Å². The Bertz CT molecular complexity index is 1150. The molecule has 0 aliphatic heterocycles. The maximum absolute atomic E-state index is 6.27. The number of rotatable bonds is 6. The Kier molecular flexibility index (Phi) is 5.73. The van der Waals surface area contributed by atoms with Gasteiger partial charge in [0.25, 0.3) is 0 Å². The SMILES string of the molecule is Cc1ccc(C)c(NCc2cc(Cl)ccc2OCc2cccc3ccccc23)c1. The predicted octanol–water partition coefficient (Wildman–Crippen LogP) is 7.30. The molecule has 0 aliphatic carbocycles. The van der Waals surface area contributed by atoms with Crippen LogP contribution in [-0.2, 0) is 13.2 Å².